The van der Waals surface area contributed by atoms with Crippen LogP contribution in [0.1, 0.15) is 19.3 Å². The molecule has 2 unspecified atom stereocenters. The van der Waals surface area contributed by atoms with Gasteiger partial charge in [0.25, 0.3) is 0 Å². The zero-order valence-electron chi connectivity index (χ0n) is 13.9. The van der Waals surface area contributed by atoms with E-state index in [1.54, 1.807) is 24.3 Å². The number of halogens is 1. The second kappa shape index (κ2) is 6.59. The normalized spacial score (nSPS) is 27.3. The van der Waals surface area contributed by atoms with Gasteiger partial charge in [-0.1, -0.05) is 17.7 Å². The van der Waals surface area contributed by atoms with Crippen LogP contribution < -0.4 is 5.32 Å². The molecule has 134 valence electrons. The van der Waals surface area contributed by atoms with Crippen LogP contribution in [0.3, 0.4) is 0 Å². The van der Waals surface area contributed by atoms with Crippen molar-refractivity contribution in [1.29, 1.82) is 0 Å². The molecule has 0 radical (unpaired) electrons. The molecule has 1 aromatic carbocycles. The molecular formula is C18H21ClN2O4. The monoisotopic (exact) mass is 364 g/mol. The summed E-state index contributed by atoms with van der Waals surface area (Å²) in [7, 11) is 0. The minimum atomic E-state index is -0.482. The van der Waals surface area contributed by atoms with E-state index in [4.69, 9.17) is 21.1 Å². The number of hydrogen-bond acceptors (Lipinski definition) is 4. The van der Waals surface area contributed by atoms with Crippen molar-refractivity contribution in [2.24, 2.45) is 11.8 Å². The van der Waals surface area contributed by atoms with Crippen LogP contribution in [-0.4, -0.2) is 48.8 Å². The Morgan fingerprint density at radius 1 is 1.16 bits per heavy atom. The molecule has 1 spiro atoms. The Balaban J connectivity index is 1.29. The van der Waals surface area contributed by atoms with Crippen molar-refractivity contribution in [3.05, 3.63) is 29.3 Å². The van der Waals surface area contributed by atoms with Gasteiger partial charge in [-0.25, -0.2) is 0 Å². The van der Waals surface area contributed by atoms with Gasteiger partial charge in [-0.3, -0.25) is 9.59 Å². The number of carbonyl (C=O) groups is 2. The number of ether oxygens (including phenoxy) is 2. The van der Waals surface area contributed by atoms with Gasteiger partial charge in [-0.2, -0.15) is 0 Å². The van der Waals surface area contributed by atoms with Crippen LogP contribution in [0, 0.1) is 11.8 Å². The van der Waals surface area contributed by atoms with E-state index < -0.39 is 5.79 Å². The standard InChI is InChI=1S/C18H21ClN2O4/c19-12-2-1-3-13(10-12)20-16(22)14-11-15(14)17(23)21-6-4-18(5-7-21)24-8-9-25-18/h1-3,10,14-15H,4-9,11H2,(H,20,22). The summed E-state index contributed by atoms with van der Waals surface area (Å²) in [5.74, 6) is -0.986. The van der Waals surface area contributed by atoms with Crippen LogP contribution in [0.4, 0.5) is 5.69 Å². The van der Waals surface area contributed by atoms with Crippen molar-refractivity contribution in [3.63, 3.8) is 0 Å². The lowest BCUT2D eigenvalue weighted by molar-refractivity contribution is -0.187. The largest absolute Gasteiger partial charge is 0.347 e. The van der Waals surface area contributed by atoms with Gasteiger partial charge in [0, 0.05) is 36.6 Å². The van der Waals surface area contributed by atoms with Gasteiger partial charge in [-0.15, -0.1) is 0 Å². The number of nitrogens with one attached hydrogen (secondary N) is 1. The smallest absolute Gasteiger partial charge is 0.228 e. The van der Waals surface area contributed by atoms with E-state index in [2.05, 4.69) is 5.32 Å². The summed E-state index contributed by atoms with van der Waals surface area (Å²) in [5, 5.41) is 3.41. The molecule has 4 rings (SSSR count). The van der Waals surface area contributed by atoms with Crippen molar-refractivity contribution < 1.29 is 19.1 Å². The van der Waals surface area contributed by atoms with Gasteiger partial charge in [0.2, 0.25) is 11.8 Å². The first-order valence-corrected chi connectivity index (χ1v) is 9.07. The molecule has 1 aromatic rings. The molecule has 2 saturated heterocycles. The number of likely N-dealkylation sites (tertiary alicyclic amines) is 1. The Labute approximate surface area is 151 Å². The molecular weight excluding hydrogens is 344 g/mol. The predicted octanol–water partition coefficient (Wildman–Crippen LogP) is 2.28. The molecule has 0 aromatic heterocycles. The Bertz CT molecular complexity index is 679. The highest BCUT2D eigenvalue weighted by molar-refractivity contribution is 6.30. The van der Waals surface area contributed by atoms with Crippen molar-refractivity contribution >= 4 is 29.1 Å². The highest BCUT2D eigenvalue weighted by atomic mass is 35.5. The van der Waals surface area contributed by atoms with Gasteiger partial charge in [0.05, 0.1) is 25.0 Å². The highest BCUT2D eigenvalue weighted by Crippen LogP contribution is 2.42. The van der Waals surface area contributed by atoms with E-state index in [1.807, 2.05) is 4.90 Å². The zero-order valence-corrected chi connectivity index (χ0v) is 14.6. The average molecular weight is 365 g/mol. The minimum Gasteiger partial charge on any atom is -0.347 e. The van der Waals surface area contributed by atoms with Crippen LogP contribution in [0.25, 0.3) is 0 Å². The minimum absolute atomic E-state index is 0.0686. The molecule has 7 heteroatoms. The molecule has 2 aliphatic heterocycles. The molecule has 3 fully saturated rings. The molecule has 6 nitrogen and oxygen atoms in total. The maximum absolute atomic E-state index is 12.6. The quantitative estimate of drug-likeness (QED) is 0.893. The molecule has 1 saturated carbocycles. The SMILES string of the molecule is O=C(Nc1cccc(Cl)c1)C1CC1C(=O)N1CCC2(CC1)OCCO2. The Hall–Kier alpha value is -1.63. The lowest BCUT2D eigenvalue weighted by Gasteiger charge is -2.37. The summed E-state index contributed by atoms with van der Waals surface area (Å²) in [5.41, 5.74) is 0.658. The second-order valence-electron chi connectivity index (χ2n) is 6.88. The van der Waals surface area contributed by atoms with Gasteiger partial charge >= 0.3 is 0 Å². The number of carbonyl (C=O) groups excluding carboxylic acids is 2. The van der Waals surface area contributed by atoms with Crippen molar-refractivity contribution in [3.8, 4) is 0 Å². The maximum Gasteiger partial charge on any atom is 0.228 e. The summed E-state index contributed by atoms with van der Waals surface area (Å²) < 4.78 is 11.4. The third-order valence-electron chi connectivity index (χ3n) is 5.19. The molecule has 2 amide bonds. The van der Waals surface area contributed by atoms with Crippen molar-refractivity contribution in [1.82, 2.24) is 4.90 Å². The van der Waals surface area contributed by atoms with E-state index >= 15 is 0 Å². The Kier molecular flexibility index (Phi) is 4.43. The Morgan fingerprint density at radius 3 is 2.56 bits per heavy atom. The summed E-state index contributed by atoms with van der Waals surface area (Å²) in [6.07, 6.45) is 2.01. The van der Waals surface area contributed by atoms with E-state index in [9.17, 15) is 9.59 Å². The lowest BCUT2D eigenvalue weighted by atomic mass is 10.0. The topological polar surface area (TPSA) is 67.9 Å². The molecule has 2 atom stereocenters. The summed E-state index contributed by atoms with van der Waals surface area (Å²) in [4.78, 5) is 26.8. The van der Waals surface area contributed by atoms with Gasteiger partial charge in [-0.05, 0) is 24.6 Å². The lowest BCUT2D eigenvalue weighted by Crippen LogP contribution is -2.48. The van der Waals surface area contributed by atoms with Crippen LogP contribution in [0.5, 0.6) is 0 Å². The maximum atomic E-state index is 12.6. The predicted molar refractivity (Wildman–Crippen MR) is 92.1 cm³/mol. The number of piperidine rings is 1. The molecule has 2 heterocycles. The van der Waals surface area contributed by atoms with Crippen molar-refractivity contribution in [2.45, 2.75) is 25.0 Å². The molecule has 1 N–H and O–H groups in total. The first-order chi connectivity index (χ1) is 12.1. The van der Waals surface area contributed by atoms with Crippen molar-refractivity contribution in [2.75, 3.05) is 31.6 Å². The number of hydrogen-bond donors (Lipinski definition) is 1. The highest BCUT2D eigenvalue weighted by Gasteiger charge is 2.51. The van der Waals surface area contributed by atoms with Gasteiger partial charge in [0.15, 0.2) is 5.79 Å². The summed E-state index contributed by atoms with van der Waals surface area (Å²) >= 11 is 5.92. The van der Waals surface area contributed by atoms with Crippen LogP contribution in [0.2, 0.25) is 5.02 Å². The second-order valence-corrected chi connectivity index (χ2v) is 7.32. The summed E-state index contributed by atoms with van der Waals surface area (Å²) in [6, 6.07) is 7.02. The molecule has 1 aliphatic carbocycles. The number of amides is 2. The fourth-order valence-electron chi connectivity index (χ4n) is 3.65. The third kappa shape index (κ3) is 3.52. The fraction of sp³-hybridized carbons (Fsp3) is 0.556. The van der Waals surface area contributed by atoms with Crippen LogP contribution >= 0.6 is 11.6 Å². The summed E-state index contributed by atoms with van der Waals surface area (Å²) in [6.45, 7) is 2.50. The number of nitrogens with zero attached hydrogens (tertiary/aromatic N) is 1. The number of anilines is 1. The van der Waals surface area contributed by atoms with E-state index in [1.165, 1.54) is 0 Å². The van der Waals surface area contributed by atoms with Gasteiger partial charge < -0.3 is 19.7 Å². The Morgan fingerprint density at radius 2 is 1.88 bits per heavy atom. The average Bonchev–Trinajstić information content (AvgIpc) is 3.29. The van der Waals surface area contributed by atoms with E-state index in [0.29, 0.717) is 56.3 Å². The first-order valence-electron chi connectivity index (χ1n) is 8.69. The fourth-order valence-corrected chi connectivity index (χ4v) is 3.84. The van der Waals surface area contributed by atoms with Gasteiger partial charge in [0.1, 0.15) is 0 Å². The molecule has 25 heavy (non-hydrogen) atoms. The van der Waals surface area contributed by atoms with Crippen LogP contribution in [-0.2, 0) is 19.1 Å². The third-order valence-corrected chi connectivity index (χ3v) is 5.42. The molecule has 0 bridgehead atoms. The first kappa shape index (κ1) is 16.8. The van der Waals surface area contributed by atoms with E-state index in [-0.39, 0.29) is 23.7 Å². The molecule has 3 aliphatic rings. The zero-order chi connectivity index (χ0) is 17.4. The number of rotatable bonds is 3. The van der Waals surface area contributed by atoms with E-state index in [0.717, 1.165) is 0 Å². The van der Waals surface area contributed by atoms with Crippen LogP contribution in [0.15, 0.2) is 24.3 Å². The number of benzene rings is 1.